The van der Waals surface area contributed by atoms with Crippen molar-refractivity contribution >= 4 is 33.2 Å². The SMILES string of the molecule is NS(=O)(=O)c1cc(C(=O)N2CCN(c3ccccc3)CC2)ccc1Cl. The van der Waals surface area contributed by atoms with Crippen molar-refractivity contribution in [2.75, 3.05) is 31.1 Å². The molecule has 1 heterocycles. The van der Waals surface area contributed by atoms with E-state index in [9.17, 15) is 13.2 Å². The van der Waals surface area contributed by atoms with Crippen LogP contribution in [0.2, 0.25) is 5.02 Å². The highest BCUT2D eigenvalue weighted by Crippen LogP contribution is 2.23. The maximum atomic E-state index is 12.7. The summed E-state index contributed by atoms with van der Waals surface area (Å²) in [4.78, 5) is 16.3. The molecule has 1 aliphatic heterocycles. The number of carbonyl (C=O) groups is 1. The molecule has 0 aromatic heterocycles. The fourth-order valence-electron chi connectivity index (χ4n) is 2.84. The summed E-state index contributed by atoms with van der Waals surface area (Å²) in [5.74, 6) is -0.228. The van der Waals surface area contributed by atoms with E-state index in [2.05, 4.69) is 4.90 Å². The Morgan fingerprint density at radius 3 is 2.24 bits per heavy atom. The highest BCUT2D eigenvalue weighted by Gasteiger charge is 2.24. The van der Waals surface area contributed by atoms with Gasteiger partial charge in [0.2, 0.25) is 10.0 Å². The van der Waals surface area contributed by atoms with E-state index in [0.717, 1.165) is 5.69 Å². The summed E-state index contributed by atoms with van der Waals surface area (Å²) in [6.07, 6.45) is 0. The molecule has 3 rings (SSSR count). The molecule has 1 amide bonds. The van der Waals surface area contributed by atoms with Crippen molar-refractivity contribution in [1.82, 2.24) is 4.90 Å². The number of nitrogens with zero attached hydrogens (tertiary/aromatic N) is 2. The fraction of sp³-hybridized carbons (Fsp3) is 0.235. The van der Waals surface area contributed by atoms with Crippen molar-refractivity contribution < 1.29 is 13.2 Å². The quantitative estimate of drug-likeness (QED) is 0.883. The number of amides is 1. The smallest absolute Gasteiger partial charge is 0.254 e. The second-order valence-corrected chi connectivity index (χ2v) is 7.74. The zero-order valence-corrected chi connectivity index (χ0v) is 15.0. The Morgan fingerprint density at radius 1 is 1.00 bits per heavy atom. The Balaban J connectivity index is 1.73. The lowest BCUT2D eigenvalue weighted by Gasteiger charge is -2.36. The summed E-state index contributed by atoms with van der Waals surface area (Å²) in [6, 6.07) is 14.1. The van der Waals surface area contributed by atoms with Crippen molar-refractivity contribution in [3.05, 3.63) is 59.1 Å². The van der Waals surface area contributed by atoms with Crippen LogP contribution in [0, 0.1) is 0 Å². The minimum Gasteiger partial charge on any atom is -0.368 e. The number of rotatable bonds is 3. The Morgan fingerprint density at radius 2 is 1.64 bits per heavy atom. The number of hydrogen-bond acceptors (Lipinski definition) is 4. The van der Waals surface area contributed by atoms with Crippen LogP contribution in [-0.2, 0) is 10.0 Å². The van der Waals surface area contributed by atoms with E-state index in [4.69, 9.17) is 16.7 Å². The molecule has 2 aromatic rings. The molecule has 0 radical (unpaired) electrons. The minimum atomic E-state index is -3.98. The molecule has 0 saturated carbocycles. The Labute approximate surface area is 151 Å². The number of anilines is 1. The van der Waals surface area contributed by atoms with Gasteiger partial charge in [-0.2, -0.15) is 0 Å². The van der Waals surface area contributed by atoms with E-state index in [-0.39, 0.29) is 21.4 Å². The maximum Gasteiger partial charge on any atom is 0.254 e. The second-order valence-electron chi connectivity index (χ2n) is 5.81. The molecule has 132 valence electrons. The van der Waals surface area contributed by atoms with Gasteiger partial charge >= 0.3 is 0 Å². The van der Waals surface area contributed by atoms with Crippen LogP contribution in [-0.4, -0.2) is 45.4 Å². The van der Waals surface area contributed by atoms with Gasteiger partial charge in [0.05, 0.1) is 5.02 Å². The van der Waals surface area contributed by atoms with Gasteiger partial charge in [-0.1, -0.05) is 29.8 Å². The molecule has 1 aliphatic rings. The summed E-state index contributed by atoms with van der Waals surface area (Å²) in [5.41, 5.74) is 1.39. The Hall–Kier alpha value is -2.09. The molecule has 2 aromatic carbocycles. The van der Waals surface area contributed by atoms with Crippen LogP contribution in [0.25, 0.3) is 0 Å². The van der Waals surface area contributed by atoms with E-state index in [1.165, 1.54) is 18.2 Å². The van der Waals surface area contributed by atoms with Gasteiger partial charge in [0, 0.05) is 37.4 Å². The van der Waals surface area contributed by atoms with Crippen LogP contribution < -0.4 is 10.0 Å². The standard InChI is InChI=1S/C17H18ClN3O3S/c18-15-7-6-13(12-16(15)25(19,23)24)17(22)21-10-8-20(9-11-21)14-4-2-1-3-5-14/h1-7,12H,8-11H2,(H2,19,23,24). The number of nitrogens with two attached hydrogens (primary N) is 1. The average molecular weight is 380 g/mol. The first kappa shape index (κ1) is 17.7. The Kier molecular flexibility index (Phi) is 4.99. The van der Waals surface area contributed by atoms with E-state index in [1.807, 2.05) is 30.3 Å². The van der Waals surface area contributed by atoms with Gasteiger partial charge in [-0.15, -0.1) is 0 Å². The molecule has 0 spiro atoms. The van der Waals surface area contributed by atoms with E-state index >= 15 is 0 Å². The summed E-state index contributed by atoms with van der Waals surface area (Å²) < 4.78 is 23.1. The lowest BCUT2D eigenvalue weighted by molar-refractivity contribution is 0.0746. The normalized spacial score (nSPS) is 15.3. The van der Waals surface area contributed by atoms with Crippen LogP contribution in [0.3, 0.4) is 0 Å². The fourth-order valence-corrected chi connectivity index (χ4v) is 3.91. The molecule has 6 nitrogen and oxygen atoms in total. The van der Waals surface area contributed by atoms with Crippen LogP contribution in [0.15, 0.2) is 53.4 Å². The van der Waals surface area contributed by atoms with Gasteiger partial charge < -0.3 is 9.80 Å². The molecule has 2 N–H and O–H groups in total. The van der Waals surface area contributed by atoms with E-state index < -0.39 is 10.0 Å². The highest BCUT2D eigenvalue weighted by atomic mass is 35.5. The third-order valence-electron chi connectivity index (χ3n) is 4.17. The van der Waals surface area contributed by atoms with Gasteiger partial charge in [-0.25, -0.2) is 13.6 Å². The second kappa shape index (κ2) is 7.03. The predicted octanol–water partition coefficient (Wildman–Crippen LogP) is 1.95. The van der Waals surface area contributed by atoms with Gasteiger partial charge in [-0.3, -0.25) is 4.79 Å². The van der Waals surface area contributed by atoms with Crippen LogP contribution in [0.1, 0.15) is 10.4 Å². The molecule has 1 saturated heterocycles. The van der Waals surface area contributed by atoms with Crippen molar-refractivity contribution in [3.63, 3.8) is 0 Å². The van der Waals surface area contributed by atoms with Crippen molar-refractivity contribution in [2.45, 2.75) is 4.90 Å². The number of primary sulfonamides is 1. The minimum absolute atomic E-state index is 0.00736. The Bertz CT molecular complexity index is 879. The summed E-state index contributed by atoms with van der Waals surface area (Å²) in [5, 5.41) is 5.15. The van der Waals surface area contributed by atoms with E-state index in [1.54, 1.807) is 4.90 Å². The number of carbonyl (C=O) groups excluding carboxylic acids is 1. The maximum absolute atomic E-state index is 12.7. The van der Waals surface area contributed by atoms with Crippen molar-refractivity contribution in [2.24, 2.45) is 5.14 Å². The predicted molar refractivity (Wildman–Crippen MR) is 97.4 cm³/mol. The van der Waals surface area contributed by atoms with E-state index in [0.29, 0.717) is 26.2 Å². The van der Waals surface area contributed by atoms with Crippen LogP contribution >= 0.6 is 11.6 Å². The number of halogens is 1. The first-order valence-electron chi connectivity index (χ1n) is 7.78. The van der Waals surface area contributed by atoms with Gasteiger partial charge in [0.25, 0.3) is 5.91 Å². The molecule has 8 heteroatoms. The molecular formula is C17H18ClN3O3S. The molecule has 0 bridgehead atoms. The van der Waals surface area contributed by atoms with Crippen LogP contribution in [0.5, 0.6) is 0 Å². The molecule has 0 atom stereocenters. The largest absolute Gasteiger partial charge is 0.368 e. The van der Waals surface area contributed by atoms with Gasteiger partial charge in [0.15, 0.2) is 0 Å². The monoisotopic (exact) mass is 379 g/mol. The number of piperazine rings is 1. The molecule has 0 unspecified atom stereocenters. The molecule has 25 heavy (non-hydrogen) atoms. The zero-order valence-electron chi connectivity index (χ0n) is 13.4. The first-order chi connectivity index (χ1) is 11.9. The topological polar surface area (TPSA) is 83.7 Å². The highest BCUT2D eigenvalue weighted by molar-refractivity contribution is 7.89. The molecular weight excluding hydrogens is 362 g/mol. The third kappa shape index (κ3) is 3.95. The lowest BCUT2D eigenvalue weighted by Crippen LogP contribution is -2.48. The van der Waals surface area contributed by atoms with Gasteiger partial charge in [-0.05, 0) is 30.3 Å². The zero-order chi connectivity index (χ0) is 18.0. The van der Waals surface area contributed by atoms with Crippen LogP contribution in [0.4, 0.5) is 5.69 Å². The summed E-state index contributed by atoms with van der Waals surface area (Å²) in [7, 11) is -3.98. The number of hydrogen-bond donors (Lipinski definition) is 1. The summed E-state index contributed by atoms with van der Waals surface area (Å²) >= 11 is 5.87. The third-order valence-corrected chi connectivity index (χ3v) is 5.57. The van der Waals surface area contributed by atoms with Crippen molar-refractivity contribution in [1.29, 1.82) is 0 Å². The number of sulfonamides is 1. The van der Waals surface area contributed by atoms with Crippen molar-refractivity contribution in [3.8, 4) is 0 Å². The lowest BCUT2D eigenvalue weighted by atomic mass is 10.1. The molecule has 1 fully saturated rings. The average Bonchev–Trinajstić information content (AvgIpc) is 2.61. The van der Waals surface area contributed by atoms with Gasteiger partial charge in [0.1, 0.15) is 4.90 Å². The number of para-hydroxylation sites is 1. The molecule has 0 aliphatic carbocycles. The summed E-state index contributed by atoms with van der Waals surface area (Å²) in [6.45, 7) is 2.54. The number of benzene rings is 2. The first-order valence-corrected chi connectivity index (χ1v) is 9.70.